The molecule has 14 heavy (non-hydrogen) atoms. The molecular formula is C12H15BrS. The lowest BCUT2D eigenvalue weighted by atomic mass is 10.1. The summed E-state index contributed by atoms with van der Waals surface area (Å²) < 4.78 is 0. The lowest BCUT2D eigenvalue weighted by molar-refractivity contribution is 0.670. The topological polar surface area (TPSA) is 0 Å². The van der Waals surface area contributed by atoms with Gasteiger partial charge < -0.3 is 0 Å². The van der Waals surface area contributed by atoms with E-state index in [0.717, 1.165) is 4.88 Å². The lowest BCUT2D eigenvalue weighted by Crippen LogP contribution is -1.80. The standard InChI is InChI=1S/C12H15BrS/c1-2-3-4-5-6-11-7-8-12(14-11)9-10-13/h7-8H,2-6H2,1H3. The van der Waals surface area contributed by atoms with Crippen LogP contribution in [0.4, 0.5) is 0 Å². The highest BCUT2D eigenvalue weighted by atomic mass is 79.9. The molecule has 0 unspecified atom stereocenters. The largest absolute Gasteiger partial charge is 0.132 e. The third kappa shape index (κ3) is 4.30. The first-order valence-corrected chi connectivity index (χ1v) is 6.68. The maximum atomic E-state index is 3.11. The molecule has 0 atom stereocenters. The van der Waals surface area contributed by atoms with Gasteiger partial charge in [0, 0.05) is 20.8 Å². The van der Waals surface area contributed by atoms with E-state index in [1.54, 1.807) is 0 Å². The lowest BCUT2D eigenvalue weighted by Gasteiger charge is -1.96. The minimum atomic E-state index is 1.16. The average Bonchev–Trinajstić information content (AvgIpc) is 2.61. The van der Waals surface area contributed by atoms with E-state index in [1.807, 2.05) is 11.3 Å². The first-order valence-electron chi connectivity index (χ1n) is 5.07. The summed E-state index contributed by atoms with van der Waals surface area (Å²) in [5.74, 6) is 3.01. The summed E-state index contributed by atoms with van der Waals surface area (Å²) in [6.45, 7) is 2.24. The van der Waals surface area contributed by atoms with E-state index in [0.29, 0.717) is 0 Å². The van der Waals surface area contributed by atoms with E-state index < -0.39 is 0 Å². The summed E-state index contributed by atoms with van der Waals surface area (Å²) in [7, 11) is 0. The fourth-order valence-electron chi connectivity index (χ4n) is 1.35. The molecule has 2 heteroatoms. The molecule has 0 nitrogen and oxygen atoms in total. The monoisotopic (exact) mass is 270 g/mol. The fourth-order valence-corrected chi connectivity index (χ4v) is 2.60. The number of rotatable bonds is 5. The summed E-state index contributed by atoms with van der Waals surface area (Å²) in [6.07, 6.45) is 6.56. The van der Waals surface area contributed by atoms with E-state index >= 15 is 0 Å². The molecule has 0 radical (unpaired) electrons. The van der Waals surface area contributed by atoms with Gasteiger partial charge in [0.15, 0.2) is 0 Å². The Labute approximate surface area is 98.9 Å². The van der Waals surface area contributed by atoms with Gasteiger partial charge in [-0.05, 0) is 35.7 Å². The van der Waals surface area contributed by atoms with Crippen molar-refractivity contribution < 1.29 is 0 Å². The Kier molecular flexibility index (Phi) is 5.98. The van der Waals surface area contributed by atoms with E-state index in [9.17, 15) is 0 Å². The maximum absolute atomic E-state index is 3.11. The molecular weight excluding hydrogens is 256 g/mol. The van der Waals surface area contributed by atoms with Crippen LogP contribution in [0.1, 0.15) is 42.4 Å². The normalized spacial score (nSPS) is 9.57. The van der Waals surface area contributed by atoms with E-state index in [2.05, 4.69) is 45.7 Å². The predicted octanol–water partition coefficient (Wildman–Crippen LogP) is 4.57. The highest BCUT2D eigenvalue weighted by molar-refractivity contribution is 9.12. The van der Waals surface area contributed by atoms with Gasteiger partial charge in [-0.15, -0.1) is 11.3 Å². The molecule has 0 aliphatic rings. The van der Waals surface area contributed by atoms with Crippen LogP contribution in [0.3, 0.4) is 0 Å². The van der Waals surface area contributed by atoms with Crippen molar-refractivity contribution in [3.8, 4) is 10.8 Å². The highest BCUT2D eigenvalue weighted by Gasteiger charge is 1.97. The van der Waals surface area contributed by atoms with E-state index in [-0.39, 0.29) is 0 Å². The van der Waals surface area contributed by atoms with Crippen LogP contribution in [0.2, 0.25) is 0 Å². The average molecular weight is 271 g/mol. The van der Waals surface area contributed by atoms with Crippen molar-refractivity contribution in [3.63, 3.8) is 0 Å². The molecule has 0 saturated carbocycles. The van der Waals surface area contributed by atoms with Crippen molar-refractivity contribution in [2.24, 2.45) is 0 Å². The van der Waals surface area contributed by atoms with Crippen LogP contribution in [0.5, 0.6) is 0 Å². The predicted molar refractivity (Wildman–Crippen MR) is 68.0 cm³/mol. The Morgan fingerprint density at radius 1 is 1.29 bits per heavy atom. The van der Waals surface area contributed by atoms with Crippen LogP contribution in [0.15, 0.2) is 12.1 Å². The summed E-state index contributed by atoms with van der Waals surface area (Å²) >= 11 is 4.93. The Morgan fingerprint density at radius 3 is 2.86 bits per heavy atom. The molecule has 0 aliphatic heterocycles. The minimum absolute atomic E-state index is 1.16. The fraction of sp³-hybridized carbons (Fsp3) is 0.500. The molecule has 0 aromatic carbocycles. The second-order valence-corrected chi connectivity index (χ2v) is 4.86. The van der Waals surface area contributed by atoms with Gasteiger partial charge in [0.25, 0.3) is 0 Å². The first kappa shape index (κ1) is 11.8. The van der Waals surface area contributed by atoms with Crippen molar-refractivity contribution >= 4 is 27.3 Å². The number of hydrogen-bond donors (Lipinski definition) is 0. The van der Waals surface area contributed by atoms with Gasteiger partial charge in [-0.1, -0.05) is 26.2 Å². The van der Waals surface area contributed by atoms with Gasteiger partial charge in [-0.2, -0.15) is 0 Å². The molecule has 76 valence electrons. The second kappa shape index (κ2) is 7.09. The van der Waals surface area contributed by atoms with Crippen LogP contribution >= 0.6 is 27.3 Å². The summed E-state index contributed by atoms with van der Waals surface area (Å²) in [4.78, 5) is 5.37. The van der Waals surface area contributed by atoms with Crippen LogP contribution in [0, 0.1) is 10.8 Å². The number of thiophene rings is 1. The highest BCUT2D eigenvalue weighted by Crippen LogP contribution is 2.18. The number of aryl methyl sites for hydroxylation is 1. The molecule has 1 aromatic heterocycles. The second-order valence-electron chi connectivity index (χ2n) is 3.30. The zero-order chi connectivity index (χ0) is 10.2. The van der Waals surface area contributed by atoms with Gasteiger partial charge >= 0.3 is 0 Å². The van der Waals surface area contributed by atoms with Crippen molar-refractivity contribution in [2.45, 2.75) is 39.0 Å². The zero-order valence-corrected chi connectivity index (χ0v) is 10.9. The number of unbranched alkanes of at least 4 members (excludes halogenated alkanes) is 3. The van der Waals surface area contributed by atoms with Crippen LogP contribution in [-0.4, -0.2) is 0 Å². The van der Waals surface area contributed by atoms with Gasteiger partial charge in [-0.25, -0.2) is 0 Å². The van der Waals surface area contributed by atoms with E-state index in [4.69, 9.17) is 0 Å². The Bertz CT molecular complexity index is 317. The van der Waals surface area contributed by atoms with Crippen molar-refractivity contribution in [3.05, 3.63) is 21.9 Å². The Morgan fingerprint density at radius 2 is 2.14 bits per heavy atom. The summed E-state index contributed by atoms with van der Waals surface area (Å²) in [6, 6.07) is 4.30. The molecule has 0 aliphatic carbocycles. The maximum Gasteiger partial charge on any atom is 0.0780 e. The van der Waals surface area contributed by atoms with E-state index in [1.165, 1.54) is 37.0 Å². The van der Waals surface area contributed by atoms with Crippen molar-refractivity contribution in [2.75, 3.05) is 0 Å². The molecule has 1 rings (SSSR count). The molecule has 0 N–H and O–H groups in total. The van der Waals surface area contributed by atoms with Crippen LogP contribution in [-0.2, 0) is 6.42 Å². The SMILES string of the molecule is CCCCCCc1ccc(C#CBr)s1. The van der Waals surface area contributed by atoms with Crippen molar-refractivity contribution in [1.29, 1.82) is 0 Å². The molecule has 0 saturated heterocycles. The molecule has 1 heterocycles. The third-order valence-corrected chi connectivity index (χ3v) is 3.37. The molecule has 0 spiro atoms. The first-order chi connectivity index (χ1) is 6.86. The third-order valence-electron chi connectivity index (χ3n) is 2.11. The van der Waals surface area contributed by atoms with Gasteiger partial charge in [0.1, 0.15) is 0 Å². The number of hydrogen-bond acceptors (Lipinski definition) is 1. The van der Waals surface area contributed by atoms with Crippen LogP contribution < -0.4 is 0 Å². The number of halogens is 1. The van der Waals surface area contributed by atoms with Gasteiger partial charge in [-0.3, -0.25) is 0 Å². The minimum Gasteiger partial charge on any atom is -0.132 e. The van der Waals surface area contributed by atoms with Crippen LogP contribution in [0.25, 0.3) is 0 Å². The van der Waals surface area contributed by atoms with Gasteiger partial charge in [0.2, 0.25) is 0 Å². The Hall–Kier alpha value is -0.260. The Balaban J connectivity index is 2.31. The smallest absolute Gasteiger partial charge is 0.0780 e. The molecule has 0 bridgehead atoms. The van der Waals surface area contributed by atoms with Gasteiger partial charge in [0.05, 0.1) is 4.88 Å². The molecule has 0 amide bonds. The summed E-state index contributed by atoms with van der Waals surface area (Å²) in [5.41, 5.74) is 0. The molecule has 0 fully saturated rings. The molecule has 1 aromatic rings. The zero-order valence-electron chi connectivity index (χ0n) is 8.48. The quantitative estimate of drug-likeness (QED) is 0.543. The van der Waals surface area contributed by atoms with Crippen molar-refractivity contribution in [1.82, 2.24) is 0 Å². The summed E-state index contributed by atoms with van der Waals surface area (Å²) in [5, 5.41) is 0.